The van der Waals surface area contributed by atoms with Crippen LogP contribution in [0.1, 0.15) is 16.1 Å². The molecule has 0 aromatic carbocycles. The lowest BCUT2D eigenvalue weighted by molar-refractivity contribution is -0.131. The van der Waals surface area contributed by atoms with Gasteiger partial charge in [-0.3, -0.25) is 9.78 Å². The zero-order chi connectivity index (χ0) is 15.0. The fourth-order valence-electron chi connectivity index (χ4n) is 1.41. The average Bonchev–Trinajstić information content (AvgIpc) is 2.44. The van der Waals surface area contributed by atoms with Gasteiger partial charge >= 0.3 is 5.97 Å². The minimum absolute atomic E-state index is 0.00417. The van der Waals surface area contributed by atoms with Crippen molar-refractivity contribution >= 4 is 18.0 Å². The summed E-state index contributed by atoms with van der Waals surface area (Å²) in [5.41, 5.74) is 0.302. The number of nitriles is 2. The molecule has 0 radical (unpaired) electrons. The first-order valence-corrected chi connectivity index (χ1v) is 5.49. The maximum Gasteiger partial charge on any atom is 0.328 e. The number of hydrogen-bond donors (Lipinski definition) is 1. The van der Waals surface area contributed by atoms with Crippen molar-refractivity contribution in [1.29, 1.82) is 10.5 Å². The van der Waals surface area contributed by atoms with Crippen LogP contribution in [0.3, 0.4) is 0 Å². The second-order valence-electron chi connectivity index (χ2n) is 3.59. The van der Waals surface area contributed by atoms with Crippen LogP contribution in [0.15, 0.2) is 24.4 Å². The summed E-state index contributed by atoms with van der Waals surface area (Å²) in [4.78, 5) is 27.6. The molecule has 7 heteroatoms. The number of nitrogens with zero attached hydrogens (tertiary/aromatic N) is 4. The van der Waals surface area contributed by atoms with Crippen LogP contribution in [-0.4, -0.2) is 40.0 Å². The Kier molecular flexibility index (Phi) is 5.42. The van der Waals surface area contributed by atoms with Crippen LogP contribution in [0.2, 0.25) is 0 Å². The van der Waals surface area contributed by atoms with E-state index in [2.05, 4.69) is 4.98 Å². The normalized spacial score (nSPS) is 9.70. The molecule has 0 fully saturated rings. The molecule has 1 aromatic heterocycles. The summed E-state index contributed by atoms with van der Waals surface area (Å²) in [6, 6.07) is 6.65. The zero-order valence-electron chi connectivity index (χ0n) is 10.4. The van der Waals surface area contributed by atoms with Gasteiger partial charge in [0, 0.05) is 17.8 Å². The van der Waals surface area contributed by atoms with Crippen molar-refractivity contribution in [3.63, 3.8) is 0 Å². The Balaban J connectivity index is 3.12. The average molecular weight is 270 g/mol. The number of carbonyl (C=O) groups is 2. The van der Waals surface area contributed by atoms with E-state index >= 15 is 0 Å². The fourth-order valence-corrected chi connectivity index (χ4v) is 1.41. The Hall–Kier alpha value is -3.19. The van der Waals surface area contributed by atoms with Crippen molar-refractivity contribution < 1.29 is 14.7 Å². The van der Waals surface area contributed by atoms with Gasteiger partial charge in [-0.2, -0.15) is 10.5 Å². The standard InChI is InChI=1S/C13H10N4O3/c14-5-8-17(9-6-15)13(20)12-10(2-1-7-16-12)3-4-11(18)19/h1-4,7H,8-9H2,(H,18,19)/b4-3+. The van der Waals surface area contributed by atoms with E-state index in [0.717, 1.165) is 11.0 Å². The molecular weight excluding hydrogens is 260 g/mol. The lowest BCUT2D eigenvalue weighted by Gasteiger charge is -2.16. The summed E-state index contributed by atoms with van der Waals surface area (Å²) in [7, 11) is 0. The van der Waals surface area contributed by atoms with E-state index in [4.69, 9.17) is 15.6 Å². The van der Waals surface area contributed by atoms with Crippen molar-refractivity contribution in [2.45, 2.75) is 0 Å². The van der Waals surface area contributed by atoms with Gasteiger partial charge in [0.1, 0.15) is 18.8 Å². The molecule has 0 aliphatic heterocycles. The maximum absolute atomic E-state index is 12.2. The van der Waals surface area contributed by atoms with Gasteiger partial charge in [-0.15, -0.1) is 0 Å². The Bertz CT molecular complexity index is 609. The number of carboxylic acid groups (broad SMARTS) is 1. The highest BCUT2D eigenvalue weighted by Crippen LogP contribution is 2.10. The Morgan fingerprint density at radius 2 is 2.00 bits per heavy atom. The SMILES string of the molecule is N#CCN(CC#N)C(=O)c1ncccc1/C=C/C(=O)O. The number of carboxylic acids is 1. The molecule has 1 heterocycles. The first-order chi connectivity index (χ1) is 9.60. The van der Waals surface area contributed by atoms with E-state index in [9.17, 15) is 9.59 Å². The number of hydrogen-bond acceptors (Lipinski definition) is 5. The third-order valence-electron chi connectivity index (χ3n) is 2.26. The van der Waals surface area contributed by atoms with E-state index in [1.165, 1.54) is 18.3 Å². The van der Waals surface area contributed by atoms with Gasteiger partial charge in [-0.1, -0.05) is 6.07 Å². The van der Waals surface area contributed by atoms with Crippen molar-refractivity contribution in [2.24, 2.45) is 0 Å². The van der Waals surface area contributed by atoms with Gasteiger partial charge in [-0.25, -0.2) is 4.79 Å². The monoisotopic (exact) mass is 270 g/mol. The highest BCUT2D eigenvalue weighted by atomic mass is 16.4. The molecule has 100 valence electrons. The molecule has 0 atom stereocenters. The smallest absolute Gasteiger partial charge is 0.328 e. The third kappa shape index (κ3) is 3.93. The maximum atomic E-state index is 12.2. The zero-order valence-corrected chi connectivity index (χ0v) is 10.4. The predicted octanol–water partition coefficient (Wildman–Crippen LogP) is 0.669. The molecule has 0 aliphatic rings. The van der Waals surface area contributed by atoms with E-state index in [1.54, 1.807) is 18.2 Å². The predicted molar refractivity (Wildman–Crippen MR) is 68.0 cm³/mol. The number of aliphatic carboxylic acids is 1. The van der Waals surface area contributed by atoms with Gasteiger partial charge < -0.3 is 10.0 Å². The third-order valence-corrected chi connectivity index (χ3v) is 2.26. The summed E-state index contributed by atoms with van der Waals surface area (Å²) in [6.45, 7) is -0.490. The Morgan fingerprint density at radius 3 is 2.55 bits per heavy atom. The molecule has 1 amide bonds. The van der Waals surface area contributed by atoms with Crippen LogP contribution >= 0.6 is 0 Å². The van der Waals surface area contributed by atoms with Crippen LogP contribution in [0.4, 0.5) is 0 Å². The largest absolute Gasteiger partial charge is 0.478 e. The summed E-state index contributed by atoms with van der Waals surface area (Å²) < 4.78 is 0. The van der Waals surface area contributed by atoms with Gasteiger partial charge in [0.15, 0.2) is 0 Å². The van der Waals surface area contributed by atoms with Crippen LogP contribution in [0.25, 0.3) is 6.08 Å². The summed E-state index contributed by atoms with van der Waals surface area (Å²) in [5.74, 6) is -1.75. The lowest BCUT2D eigenvalue weighted by Crippen LogP contribution is -2.32. The molecule has 1 aromatic rings. The first-order valence-electron chi connectivity index (χ1n) is 5.49. The molecule has 0 saturated carbocycles. The first kappa shape index (κ1) is 14.9. The highest BCUT2D eigenvalue weighted by Gasteiger charge is 2.18. The topological polar surface area (TPSA) is 118 Å². The van der Waals surface area contributed by atoms with Crippen molar-refractivity contribution in [3.8, 4) is 12.1 Å². The number of aromatic nitrogens is 1. The molecule has 1 rings (SSSR count). The number of amides is 1. The number of pyridine rings is 1. The number of rotatable bonds is 5. The van der Waals surface area contributed by atoms with Gasteiger partial charge in [0.05, 0.1) is 12.1 Å². The van der Waals surface area contributed by atoms with Gasteiger partial charge in [0.25, 0.3) is 5.91 Å². The lowest BCUT2D eigenvalue weighted by atomic mass is 10.1. The quantitative estimate of drug-likeness (QED) is 0.620. The molecule has 1 N–H and O–H groups in total. The molecule has 20 heavy (non-hydrogen) atoms. The summed E-state index contributed by atoms with van der Waals surface area (Å²) in [6.07, 6.45) is 3.49. The van der Waals surface area contributed by atoms with E-state index < -0.39 is 11.9 Å². The molecular formula is C13H10N4O3. The van der Waals surface area contributed by atoms with Crippen molar-refractivity contribution in [2.75, 3.05) is 13.1 Å². The van der Waals surface area contributed by atoms with E-state index in [1.807, 2.05) is 0 Å². The Labute approximate surface area is 115 Å². The number of carbonyl (C=O) groups excluding carboxylic acids is 1. The fraction of sp³-hybridized carbons (Fsp3) is 0.154. The van der Waals surface area contributed by atoms with E-state index in [0.29, 0.717) is 5.56 Å². The second kappa shape index (κ2) is 7.29. The minimum Gasteiger partial charge on any atom is -0.478 e. The molecule has 0 saturated heterocycles. The molecule has 0 spiro atoms. The molecule has 7 nitrogen and oxygen atoms in total. The van der Waals surface area contributed by atoms with Crippen LogP contribution in [0, 0.1) is 22.7 Å². The van der Waals surface area contributed by atoms with Gasteiger partial charge in [0.2, 0.25) is 0 Å². The van der Waals surface area contributed by atoms with Crippen LogP contribution in [0.5, 0.6) is 0 Å². The highest BCUT2D eigenvalue weighted by molar-refractivity contribution is 5.97. The molecule has 0 unspecified atom stereocenters. The van der Waals surface area contributed by atoms with Crippen molar-refractivity contribution in [1.82, 2.24) is 9.88 Å². The summed E-state index contributed by atoms with van der Waals surface area (Å²) in [5, 5.41) is 25.9. The minimum atomic E-state index is -1.15. The van der Waals surface area contributed by atoms with Crippen molar-refractivity contribution in [3.05, 3.63) is 35.7 Å². The molecule has 0 bridgehead atoms. The summed E-state index contributed by atoms with van der Waals surface area (Å²) >= 11 is 0. The van der Waals surface area contributed by atoms with Crippen LogP contribution in [-0.2, 0) is 4.79 Å². The van der Waals surface area contributed by atoms with Gasteiger partial charge in [-0.05, 0) is 12.1 Å². The van der Waals surface area contributed by atoms with E-state index in [-0.39, 0.29) is 18.8 Å². The Morgan fingerprint density at radius 1 is 1.35 bits per heavy atom. The molecule has 0 aliphatic carbocycles. The van der Waals surface area contributed by atoms with Crippen LogP contribution < -0.4 is 0 Å². The second-order valence-corrected chi connectivity index (χ2v) is 3.59.